The number of pyridine rings is 1. The molecule has 1 unspecified atom stereocenters. The van der Waals surface area contributed by atoms with Gasteiger partial charge in [-0.1, -0.05) is 13.3 Å². The predicted molar refractivity (Wildman–Crippen MR) is 67.8 cm³/mol. The van der Waals surface area contributed by atoms with Crippen molar-refractivity contribution in [3.05, 3.63) is 28.2 Å². The lowest BCUT2D eigenvalue weighted by Gasteiger charge is -2.11. The first kappa shape index (κ1) is 14.3. The van der Waals surface area contributed by atoms with Crippen molar-refractivity contribution in [2.75, 3.05) is 0 Å². The second-order valence-corrected chi connectivity index (χ2v) is 4.54. The Morgan fingerprint density at radius 2 is 2.11 bits per heavy atom. The molecule has 0 saturated carbocycles. The molecule has 0 fully saturated rings. The van der Waals surface area contributed by atoms with Gasteiger partial charge in [0.2, 0.25) is 5.43 Å². The van der Waals surface area contributed by atoms with Crippen LogP contribution in [0.25, 0.3) is 0 Å². The third kappa shape index (κ3) is 3.61. The Balaban J connectivity index is 2.48. The molecule has 0 radical (unpaired) electrons. The first-order valence-electron chi connectivity index (χ1n) is 6.05. The van der Waals surface area contributed by atoms with Gasteiger partial charge in [0.05, 0.1) is 11.6 Å². The van der Waals surface area contributed by atoms with Gasteiger partial charge in [0.15, 0.2) is 5.75 Å². The number of carboxylic acid groups (broad SMARTS) is 1. The average molecular weight is 253 g/mol. The summed E-state index contributed by atoms with van der Waals surface area (Å²) in [7, 11) is 0. The Morgan fingerprint density at radius 1 is 1.44 bits per heavy atom. The van der Waals surface area contributed by atoms with E-state index in [1.807, 2.05) is 4.57 Å². The van der Waals surface area contributed by atoms with Crippen LogP contribution in [0.3, 0.4) is 0 Å². The highest BCUT2D eigenvalue weighted by Gasteiger charge is 2.10. The van der Waals surface area contributed by atoms with Gasteiger partial charge in [-0.05, 0) is 19.8 Å². The largest absolute Gasteiger partial charge is 0.503 e. The van der Waals surface area contributed by atoms with Crippen molar-refractivity contribution in [3.8, 4) is 5.75 Å². The van der Waals surface area contributed by atoms with Crippen LogP contribution in [0.1, 0.15) is 31.9 Å². The summed E-state index contributed by atoms with van der Waals surface area (Å²) in [6, 6.07) is 1.34. The number of hydrogen-bond donors (Lipinski definition) is 2. The third-order valence-electron chi connectivity index (χ3n) is 3.12. The number of unbranched alkanes of at least 4 members (excludes halogenated alkanes) is 1. The summed E-state index contributed by atoms with van der Waals surface area (Å²) < 4.78 is 1.81. The van der Waals surface area contributed by atoms with Gasteiger partial charge in [0.25, 0.3) is 0 Å². The van der Waals surface area contributed by atoms with E-state index in [0.717, 1.165) is 12.8 Å². The monoisotopic (exact) mass is 253 g/mol. The number of aromatic hydroxyl groups is 1. The normalized spacial score (nSPS) is 12.3. The highest BCUT2D eigenvalue weighted by molar-refractivity contribution is 5.69. The molecule has 1 aromatic rings. The van der Waals surface area contributed by atoms with Crippen molar-refractivity contribution in [2.45, 2.75) is 39.7 Å². The minimum absolute atomic E-state index is 0.212. The first-order valence-corrected chi connectivity index (χ1v) is 6.05. The van der Waals surface area contributed by atoms with Crippen molar-refractivity contribution < 1.29 is 15.0 Å². The van der Waals surface area contributed by atoms with E-state index in [9.17, 15) is 14.7 Å². The number of carbonyl (C=O) groups is 1. The number of aryl methyl sites for hydroxylation is 1. The molecule has 0 amide bonds. The van der Waals surface area contributed by atoms with Crippen LogP contribution < -0.4 is 5.43 Å². The quantitative estimate of drug-likeness (QED) is 0.757. The molecular weight excluding hydrogens is 234 g/mol. The van der Waals surface area contributed by atoms with Gasteiger partial charge in [-0.15, -0.1) is 0 Å². The van der Waals surface area contributed by atoms with Crippen LogP contribution in [0.4, 0.5) is 0 Å². The molecule has 18 heavy (non-hydrogen) atoms. The summed E-state index contributed by atoms with van der Waals surface area (Å²) >= 11 is 0. The van der Waals surface area contributed by atoms with Gasteiger partial charge in [-0.2, -0.15) is 0 Å². The molecule has 1 aromatic heterocycles. The van der Waals surface area contributed by atoms with Crippen LogP contribution in [0, 0.1) is 12.8 Å². The Kier molecular flexibility index (Phi) is 4.95. The number of nitrogens with zero attached hydrogens (tertiary/aromatic N) is 1. The van der Waals surface area contributed by atoms with Crippen LogP contribution in [-0.2, 0) is 11.3 Å². The summed E-state index contributed by atoms with van der Waals surface area (Å²) in [6.07, 6.45) is 3.92. The molecule has 2 N–H and O–H groups in total. The molecule has 0 bridgehead atoms. The summed E-state index contributed by atoms with van der Waals surface area (Å²) in [5, 5.41) is 18.2. The lowest BCUT2D eigenvalue weighted by molar-refractivity contribution is -0.141. The Morgan fingerprint density at radius 3 is 2.72 bits per heavy atom. The van der Waals surface area contributed by atoms with E-state index in [4.69, 9.17) is 5.11 Å². The smallest absolute Gasteiger partial charge is 0.306 e. The van der Waals surface area contributed by atoms with Crippen molar-refractivity contribution in [3.63, 3.8) is 0 Å². The Bertz CT molecular complexity index is 478. The van der Waals surface area contributed by atoms with Crippen molar-refractivity contribution in [2.24, 2.45) is 5.92 Å². The standard InChI is InChI=1S/C13H19NO4/c1-9(13(17)18)5-3-4-7-14-8-6-11(15)12(16)10(14)2/h6,8-9,16H,3-5,7H2,1-2H3,(H,17,18). The molecule has 100 valence electrons. The molecule has 0 aromatic carbocycles. The molecular formula is C13H19NO4. The lowest BCUT2D eigenvalue weighted by atomic mass is 10.0. The van der Waals surface area contributed by atoms with E-state index >= 15 is 0 Å². The maximum atomic E-state index is 11.2. The highest BCUT2D eigenvalue weighted by Crippen LogP contribution is 2.12. The van der Waals surface area contributed by atoms with Crippen LogP contribution in [0.15, 0.2) is 17.1 Å². The van der Waals surface area contributed by atoms with Gasteiger partial charge in [-0.3, -0.25) is 9.59 Å². The predicted octanol–water partition coefficient (Wildman–Crippen LogP) is 1.75. The maximum Gasteiger partial charge on any atom is 0.306 e. The zero-order valence-corrected chi connectivity index (χ0v) is 10.7. The summed E-state index contributed by atoms with van der Waals surface area (Å²) in [5.74, 6) is -1.31. The molecule has 0 aliphatic rings. The van der Waals surface area contributed by atoms with E-state index in [-0.39, 0.29) is 17.1 Å². The van der Waals surface area contributed by atoms with E-state index in [0.29, 0.717) is 18.7 Å². The molecule has 1 rings (SSSR count). The molecule has 1 atom stereocenters. The molecule has 0 saturated heterocycles. The van der Waals surface area contributed by atoms with Gasteiger partial charge in [0, 0.05) is 18.8 Å². The van der Waals surface area contributed by atoms with E-state index < -0.39 is 5.97 Å². The van der Waals surface area contributed by atoms with Crippen LogP contribution in [0.5, 0.6) is 5.75 Å². The minimum atomic E-state index is -0.771. The molecule has 5 heteroatoms. The van der Waals surface area contributed by atoms with Crippen molar-refractivity contribution in [1.29, 1.82) is 0 Å². The van der Waals surface area contributed by atoms with Gasteiger partial charge < -0.3 is 14.8 Å². The summed E-state index contributed by atoms with van der Waals surface area (Å²) in [6.45, 7) is 4.06. The molecule has 5 nitrogen and oxygen atoms in total. The van der Waals surface area contributed by atoms with Gasteiger partial charge in [0.1, 0.15) is 0 Å². The Labute approximate surface area is 106 Å². The minimum Gasteiger partial charge on any atom is -0.503 e. The van der Waals surface area contributed by atoms with Crippen molar-refractivity contribution in [1.82, 2.24) is 4.57 Å². The highest BCUT2D eigenvalue weighted by atomic mass is 16.4. The second-order valence-electron chi connectivity index (χ2n) is 4.54. The SMILES string of the molecule is Cc1c(O)c(=O)ccn1CCCCC(C)C(=O)O. The van der Waals surface area contributed by atoms with Gasteiger partial charge >= 0.3 is 5.97 Å². The van der Waals surface area contributed by atoms with E-state index in [2.05, 4.69) is 0 Å². The fraction of sp³-hybridized carbons (Fsp3) is 0.538. The third-order valence-corrected chi connectivity index (χ3v) is 3.12. The Hall–Kier alpha value is -1.78. The van der Waals surface area contributed by atoms with Crippen LogP contribution in [0.2, 0.25) is 0 Å². The number of aromatic nitrogens is 1. The fourth-order valence-corrected chi connectivity index (χ4v) is 1.76. The van der Waals surface area contributed by atoms with Crippen LogP contribution in [-0.4, -0.2) is 20.7 Å². The van der Waals surface area contributed by atoms with E-state index in [1.54, 1.807) is 20.0 Å². The number of rotatable bonds is 6. The van der Waals surface area contributed by atoms with Gasteiger partial charge in [-0.25, -0.2) is 0 Å². The molecule has 1 heterocycles. The van der Waals surface area contributed by atoms with Crippen LogP contribution >= 0.6 is 0 Å². The topological polar surface area (TPSA) is 79.5 Å². The molecule has 0 aliphatic carbocycles. The summed E-state index contributed by atoms with van der Waals surface area (Å²) in [5.41, 5.74) is 0.178. The maximum absolute atomic E-state index is 11.2. The second kappa shape index (κ2) is 6.23. The summed E-state index contributed by atoms with van der Waals surface area (Å²) in [4.78, 5) is 21.8. The number of aliphatic carboxylic acids is 1. The van der Waals surface area contributed by atoms with E-state index in [1.165, 1.54) is 6.07 Å². The number of hydrogen-bond acceptors (Lipinski definition) is 3. The fourth-order valence-electron chi connectivity index (χ4n) is 1.76. The average Bonchev–Trinajstić information content (AvgIpc) is 2.33. The zero-order valence-electron chi connectivity index (χ0n) is 10.7. The number of carboxylic acids is 1. The molecule has 0 aliphatic heterocycles. The lowest BCUT2D eigenvalue weighted by Crippen LogP contribution is -2.11. The zero-order chi connectivity index (χ0) is 13.7. The van der Waals surface area contributed by atoms with Crippen molar-refractivity contribution >= 4 is 5.97 Å². The molecule has 0 spiro atoms. The first-order chi connectivity index (χ1) is 8.43.